The Morgan fingerprint density at radius 1 is 1.12 bits per heavy atom. The molecule has 174 valence electrons. The number of morpholine rings is 1. The van der Waals surface area contributed by atoms with Gasteiger partial charge in [-0.25, -0.2) is 9.78 Å². The molecule has 0 saturated carbocycles. The number of benzene rings is 2. The van der Waals surface area contributed by atoms with E-state index in [0.717, 1.165) is 42.7 Å². The predicted molar refractivity (Wildman–Crippen MR) is 130 cm³/mol. The molecule has 0 radical (unpaired) electrons. The number of thiazole rings is 1. The molecule has 1 aliphatic heterocycles. The van der Waals surface area contributed by atoms with Gasteiger partial charge in [-0.05, 0) is 42.3 Å². The van der Waals surface area contributed by atoms with Crippen molar-refractivity contribution in [2.45, 2.75) is 20.0 Å². The van der Waals surface area contributed by atoms with E-state index in [9.17, 15) is 4.79 Å². The molecule has 0 atom stereocenters. The fourth-order valence-electron chi connectivity index (χ4n) is 3.74. The smallest absolute Gasteiger partial charge is 0.357 e. The fourth-order valence-corrected chi connectivity index (χ4v) is 4.54. The Bertz CT molecular complexity index is 1050. The minimum absolute atomic E-state index is 0.328. The van der Waals surface area contributed by atoms with Gasteiger partial charge in [-0.2, -0.15) is 0 Å². The topological polar surface area (TPSA) is 64.1 Å². The van der Waals surface area contributed by atoms with Crippen LogP contribution in [0.5, 0.6) is 5.75 Å². The third-order valence-corrected chi connectivity index (χ3v) is 6.34. The summed E-state index contributed by atoms with van der Waals surface area (Å²) in [6, 6.07) is 16.6. The summed E-state index contributed by atoms with van der Waals surface area (Å²) in [4.78, 5) is 21.2. The van der Waals surface area contributed by atoms with E-state index < -0.39 is 5.97 Å². The largest absolute Gasteiger partial charge is 0.497 e. The van der Waals surface area contributed by atoms with Gasteiger partial charge in [-0.1, -0.05) is 24.3 Å². The van der Waals surface area contributed by atoms with Crippen LogP contribution in [0.15, 0.2) is 53.9 Å². The van der Waals surface area contributed by atoms with E-state index in [1.54, 1.807) is 19.4 Å². The molecule has 1 fully saturated rings. The van der Waals surface area contributed by atoms with Gasteiger partial charge in [0.2, 0.25) is 0 Å². The van der Waals surface area contributed by atoms with Crippen molar-refractivity contribution >= 4 is 28.1 Å². The van der Waals surface area contributed by atoms with E-state index >= 15 is 0 Å². The first-order valence-electron chi connectivity index (χ1n) is 11.1. The molecular formula is C25H29N3O4S. The van der Waals surface area contributed by atoms with E-state index in [0.29, 0.717) is 25.4 Å². The Kier molecular flexibility index (Phi) is 7.80. The Labute approximate surface area is 198 Å². The monoisotopic (exact) mass is 467 g/mol. The first-order valence-corrected chi connectivity index (χ1v) is 12.0. The first-order chi connectivity index (χ1) is 16.2. The van der Waals surface area contributed by atoms with Crippen molar-refractivity contribution in [2.24, 2.45) is 0 Å². The number of ether oxygens (including phenoxy) is 3. The highest BCUT2D eigenvalue weighted by molar-refractivity contribution is 7.13. The van der Waals surface area contributed by atoms with Gasteiger partial charge in [0.15, 0.2) is 10.8 Å². The van der Waals surface area contributed by atoms with Crippen molar-refractivity contribution in [1.82, 2.24) is 4.98 Å². The molecule has 0 aliphatic carbocycles. The number of anilines is 2. The molecule has 4 rings (SSSR count). The minimum Gasteiger partial charge on any atom is -0.497 e. The number of aromatic nitrogens is 1. The molecule has 0 N–H and O–H groups in total. The van der Waals surface area contributed by atoms with Gasteiger partial charge in [-0.15, -0.1) is 11.3 Å². The maximum atomic E-state index is 12.1. The standard InChI is InChI=1S/C25H29N3O4S/c1-3-32-24(29)23-18-33-25(26-23)28(17-20-5-4-6-22(15-20)30-2)16-19-7-9-21(10-8-19)27-11-13-31-14-12-27/h4-10,15,18H,3,11-14,16-17H2,1-2H3. The van der Waals surface area contributed by atoms with Crippen molar-refractivity contribution in [3.05, 3.63) is 70.7 Å². The van der Waals surface area contributed by atoms with Crippen LogP contribution in [-0.2, 0) is 22.6 Å². The Balaban J connectivity index is 1.55. The lowest BCUT2D eigenvalue weighted by atomic mass is 10.1. The molecule has 0 amide bonds. The van der Waals surface area contributed by atoms with Crippen LogP contribution in [0.3, 0.4) is 0 Å². The highest BCUT2D eigenvalue weighted by Gasteiger charge is 2.18. The molecule has 33 heavy (non-hydrogen) atoms. The lowest BCUT2D eigenvalue weighted by Gasteiger charge is -2.29. The van der Waals surface area contributed by atoms with Gasteiger partial charge in [0, 0.05) is 37.2 Å². The van der Waals surface area contributed by atoms with Crippen molar-refractivity contribution in [1.29, 1.82) is 0 Å². The van der Waals surface area contributed by atoms with Crippen LogP contribution >= 0.6 is 11.3 Å². The van der Waals surface area contributed by atoms with Gasteiger partial charge >= 0.3 is 5.97 Å². The van der Waals surface area contributed by atoms with E-state index in [4.69, 9.17) is 14.2 Å². The summed E-state index contributed by atoms with van der Waals surface area (Å²) in [5.41, 5.74) is 3.82. The van der Waals surface area contributed by atoms with Crippen LogP contribution in [0.4, 0.5) is 10.8 Å². The molecule has 0 unspecified atom stereocenters. The van der Waals surface area contributed by atoms with Gasteiger partial charge in [-0.3, -0.25) is 0 Å². The third kappa shape index (κ3) is 6.03. The summed E-state index contributed by atoms with van der Waals surface area (Å²) in [6.45, 7) is 6.78. The summed E-state index contributed by atoms with van der Waals surface area (Å²) in [7, 11) is 1.67. The van der Waals surface area contributed by atoms with E-state index in [2.05, 4.69) is 45.1 Å². The van der Waals surface area contributed by atoms with E-state index in [-0.39, 0.29) is 0 Å². The number of nitrogens with zero attached hydrogens (tertiary/aromatic N) is 3. The number of rotatable bonds is 9. The maximum Gasteiger partial charge on any atom is 0.357 e. The van der Waals surface area contributed by atoms with Crippen molar-refractivity contribution < 1.29 is 19.0 Å². The minimum atomic E-state index is -0.392. The van der Waals surface area contributed by atoms with Gasteiger partial charge in [0.25, 0.3) is 0 Å². The van der Waals surface area contributed by atoms with Crippen molar-refractivity contribution in [3.63, 3.8) is 0 Å². The molecule has 2 aromatic carbocycles. The lowest BCUT2D eigenvalue weighted by Crippen LogP contribution is -2.36. The number of methoxy groups -OCH3 is 1. The quantitative estimate of drug-likeness (QED) is 0.433. The summed E-state index contributed by atoms with van der Waals surface area (Å²) in [6.07, 6.45) is 0. The van der Waals surface area contributed by atoms with Gasteiger partial charge in [0.1, 0.15) is 5.75 Å². The van der Waals surface area contributed by atoms with Crippen molar-refractivity contribution in [3.8, 4) is 5.75 Å². The van der Waals surface area contributed by atoms with Crippen LogP contribution in [0.25, 0.3) is 0 Å². The number of hydrogen-bond donors (Lipinski definition) is 0. The lowest BCUT2D eigenvalue weighted by molar-refractivity contribution is 0.0520. The van der Waals surface area contributed by atoms with Crippen LogP contribution in [0, 0.1) is 0 Å². The van der Waals surface area contributed by atoms with E-state index in [1.807, 2.05) is 18.2 Å². The summed E-state index contributed by atoms with van der Waals surface area (Å²) >= 11 is 1.45. The van der Waals surface area contributed by atoms with Crippen LogP contribution in [0.2, 0.25) is 0 Å². The fraction of sp³-hybridized carbons (Fsp3) is 0.360. The number of carbonyl (C=O) groups is 1. The molecule has 1 aliphatic rings. The second kappa shape index (κ2) is 11.2. The molecular weight excluding hydrogens is 438 g/mol. The number of hydrogen-bond acceptors (Lipinski definition) is 8. The zero-order chi connectivity index (χ0) is 23.0. The SMILES string of the molecule is CCOC(=O)c1csc(N(Cc2ccc(N3CCOCC3)cc2)Cc2cccc(OC)c2)n1. The Hall–Kier alpha value is -3.10. The van der Waals surface area contributed by atoms with Gasteiger partial charge in [0.05, 0.1) is 26.9 Å². The second-order valence-corrected chi connectivity index (χ2v) is 8.55. The molecule has 7 nitrogen and oxygen atoms in total. The molecule has 0 spiro atoms. The van der Waals surface area contributed by atoms with Crippen LogP contribution in [-0.4, -0.2) is 51.0 Å². The highest BCUT2D eigenvalue weighted by Crippen LogP contribution is 2.27. The van der Waals surface area contributed by atoms with Crippen molar-refractivity contribution in [2.75, 3.05) is 49.8 Å². The maximum absolute atomic E-state index is 12.1. The van der Waals surface area contributed by atoms with Crippen LogP contribution in [0.1, 0.15) is 28.5 Å². The molecule has 3 aromatic rings. The first kappa shape index (κ1) is 23.1. The number of esters is 1. The third-order valence-electron chi connectivity index (χ3n) is 5.44. The zero-order valence-corrected chi connectivity index (χ0v) is 19.8. The van der Waals surface area contributed by atoms with Crippen LogP contribution < -0.4 is 14.5 Å². The summed E-state index contributed by atoms with van der Waals surface area (Å²) in [5.74, 6) is 0.421. The normalized spacial score (nSPS) is 13.6. The highest BCUT2D eigenvalue weighted by atomic mass is 32.1. The summed E-state index contributed by atoms with van der Waals surface area (Å²) in [5, 5.41) is 2.53. The molecule has 2 heterocycles. The molecule has 0 bridgehead atoms. The average Bonchev–Trinajstić information content (AvgIpc) is 3.36. The second-order valence-electron chi connectivity index (χ2n) is 7.71. The summed E-state index contributed by atoms with van der Waals surface area (Å²) < 4.78 is 16.0. The van der Waals surface area contributed by atoms with E-state index in [1.165, 1.54) is 22.6 Å². The number of carbonyl (C=O) groups excluding carboxylic acids is 1. The zero-order valence-electron chi connectivity index (χ0n) is 19.0. The Morgan fingerprint density at radius 2 is 1.88 bits per heavy atom. The molecule has 1 saturated heterocycles. The molecule has 1 aromatic heterocycles. The van der Waals surface area contributed by atoms with Gasteiger partial charge < -0.3 is 24.0 Å². The predicted octanol–water partition coefficient (Wildman–Crippen LogP) is 4.37. The Morgan fingerprint density at radius 3 is 2.61 bits per heavy atom. The molecule has 8 heteroatoms. The average molecular weight is 468 g/mol.